The summed E-state index contributed by atoms with van der Waals surface area (Å²) in [5, 5.41) is 7.03. The van der Waals surface area contributed by atoms with E-state index in [9.17, 15) is 4.79 Å². The van der Waals surface area contributed by atoms with Crippen molar-refractivity contribution in [1.29, 1.82) is 0 Å². The van der Waals surface area contributed by atoms with E-state index in [1.54, 1.807) is 6.33 Å². The van der Waals surface area contributed by atoms with Crippen molar-refractivity contribution in [3.63, 3.8) is 0 Å². The molecule has 7 heteroatoms. The average molecular weight is 450 g/mol. The summed E-state index contributed by atoms with van der Waals surface area (Å²) >= 11 is 0. The van der Waals surface area contributed by atoms with Gasteiger partial charge in [-0.25, -0.2) is 4.98 Å². The zero-order chi connectivity index (χ0) is 23.5. The van der Waals surface area contributed by atoms with Crippen LogP contribution in [0, 0.1) is 13.8 Å². The van der Waals surface area contributed by atoms with Gasteiger partial charge in [0.15, 0.2) is 0 Å². The SMILES string of the molecule is Cc1ccc(C(=O)Nc2ccc(Cn3cnc(-c4nc(-c5ccccc5C)no4)c3)cc2)cc1. The van der Waals surface area contributed by atoms with Gasteiger partial charge < -0.3 is 14.4 Å². The topological polar surface area (TPSA) is 85.8 Å². The molecule has 0 radical (unpaired) electrons. The van der Waals surface area contributed by atoms with Crippen LogP contribution in [0.4, 0.5) is 5.69 Å². The number of rotatable bonds is 6. The minimum Gasteiger partial charge on any atom is -0.332 e. The van der Waals surface area contributed by atoms with Gasteiger partial charge in [-0.1, -0.05) is 59.3 Å². The van der Waals surface area contributed by atoms with E-state index in [0.717, 1.165) is 27.9 Å². The van der Waals surface area contributed by atoms with Crippen LogP contribution in [0.3, 0.4) is 0 Å². The standard InChI is InChI=1S/C27H23N5O2/c1-18-7-11-21(12-8-18)26(33)29-22-13-9-20(10-14-22)15-32-16-24(28-17-32)27-30-25(31-34-27)23-6-4-3-5-19(23)2/h3-14,16-17H,15H2,1-2H3,(H,29,33). The first-order valence-corrected chi connectivity index (χ1v) is 10.9. The van der Waals surface area contributed by atoms with Crippen LogP contribution in [0.5, 0.6) is 0 Å². The predicted octanol–water partition coefficient (Wildman–Crippen LogP) is 5.52. The highest BCUT2D eigenvalue weighted by molar-refractivity contribution is 6.04. The smallest absolute Gasteiger partial charge is 0.278 e. The first-order chi connectivity index (χ1) is 16.5. The van der Waals surface area contributed by atoms with E-state index >= 15 is 0 Å². The van der Waals surface area contributed by atoms with Gasteiger partial charge in [-0.15, -0.1) is 0 Å². The Hall–Kier alpha value is -4.52. The molecule has 0 unspecified atom stereocenters. The summed E-state index contributed by atoms with van der Waals surface area (Å²) in [5.74, 6) is 0.800. The van der Waals surface area contributed by atoms with Gasteiger partial charge in [0, 0.05) is 29.6 Å². The zero-order valence-corrected chi connectivity index (χ0v) is 18.9. The van der Waals surface area contributed by atoms with Crippen LogP contribution in [0.15, 0.2) is 89.8 Å². The molecule has 0 aliphatic heterocycles. The number of nitrogens with zero attached hydrogens (tertiary/aromatic N) is 4. The maximum absolute atomic E-state index is 12.4. The van der Waals surface area contributed by atoms with E-state index in [1.165, 1.54) is 0 Å². The number of amides is 1. The van der Waals surface area contributed by atoms with E-state index in [2.05, 4.69) is 20.4 Å². The number of benzene rings is 3. The van der Waals surface area contributed by atoms with Crippen LogP contribution in [-0.4, -0.2) is 25.6 Å². The lowest BCUT2D eigenvalue weighted by Gasteiger charge is -2.07. The van der Waals surface area contributed by atoms with E-state index in [4.69, 9.17) is 4.52 Å². The number of anilines is 1. The summed E-state index contributed by atoms with van der Waals surface area (Å²) < 4.78 is 7.39. The Morgan fingerprint density at radius 2 is 1.74 bits per heavy atom. The zero-order valence-electron chi connectivity index (χ0n) is 18.9. The van der Waals surface area contributed by atoms with E-state index in [-0.39, 0.29) is 5.91 Å². The summed E-state index contributed by atoms with van der Waals surface area (Å²) in [7, 11) is 0. The fraction of sp³-hybridized carbons (Fsp3) is 0.111. The number of hydrogen-bond donors (Lipinski definition) is 1. The van der Waals surface area contributed by atoms with Crippen molar-refractivity contribution < 1.29 is 9.32 Å². The summed E-state index contributed by atoms with van der Waals surface area (Å²) in [5.41, 5.74) is 6.21. The molecule has 0 aliphatic rings. The fourth-order valence-electron chi connectivity index (χ4n) is 3.63. The van der Waals surface area contributed by atoms with Gasteiger partial charge in [0.25, 0.3) is 11.8 Å². The number of aryl methyl sites for hydroxylation is 2. The highest BCUT2D eigenvalue weighted by Gasteiger charge is 2.14. The van der Waals surface area contributed by atoms with Crippen molar-refractivity contribution in [3.8, 4) is 23.0 Å². The number of nitrogens with one attached hydrogen (secondary N) is 1. The highest BCUT2D eigenvalue weighted by Crippen LogP contribution is 2.23. The van der Waals surface area contributed by atoms with Gasteiger partial charge in [0.1, 0.15) is 5.69 Å². The summed E-state index contributed by atoms with van der Waals surface area (Å²) in [6.45, 7) is 4.63. The molecule has 0 fully saturated rings. The van der Waals surface area contributed by atoms with E-state index in [1.807, 2.05) is 97.4 Å². The first-order valence-electron chi connectivity index (χ1n) is 10.9. The molecule has 2 aromatic heterocycles. The van der Waals surface area contributed by atoms with Gasteiger partial charge >= 0.3 is 0 Å². The van der Waals surface area contributed by atoms with Crippen LogP contribution in [0.1, 0.15) is 27.0 Å². The largest absolute Gasteiger partial charge is 0.332 e. The Balaban J connectivity index is 1.24. The van der Waals surface area contributed by atoms with Crippen LogP contribution in [-0.2, 0) is 6.54 Å². The second-order valence-electron chi connectivity index (χ2n) is 8.19. The minimum atomic E-state index is -0.128. The molecule has 5 aromatic rings. The molecule has 0 bridgehead atoms. The molecule has 0 spiro atoms. The summed E-state index contributed by atoms with van der Waals surface area (Å²) in [4.78, 5) is 21.3. The lowest BCUT2D eigenvalue weighted by atomic mass is 10.1. The predicted molar refractivity (Wildman–Crippen MR) is 130 cm³/mol. The van der Waals surface area contributed by atoms with Gasteiger partial charge in [-0.2, -0.15) is 4.98 Å². The molecule has 5 rings (SSSR count). The maximum Gasteiger partial charge on any atom is 0.278 e. The fourth-order valence-corrected chi connectivity index (χ4v) is 3.63. The van der Waals surface area contributed by atoms with Gasteiger partial charge in [-0.3, -0.25) is 4.79 Å². The van der Waals surface area contributed by atoms with Crippen LogP contribution < -0.4 is 5.32 Å². The third-order valence-electron chi connectivity index (χ3n) is 5.56. The molecule has 168 valence electrons. The Morgan fingerprint density at radius 1 is 0.971 bits per heavy atom. The van der Waals surface area contributed by atoms with Crippen LogP contribution >= 0.6 is 0 Å². The van der Waals surface area contributed by atoms with Crippen LogP contribution in [0.25, 0.3) is 23.0 Å². The number of carbonyl (C=O) groups excluding carboxylic acids is 1. The summed E-state index contributed by atoms with van der Waals surface area (Å²) in [6.07, 6.45) is 3.61. The van der Waals surface area contributed by atoms with E-state index in [0.29, 0.717) is 29.5 Å². The van der Waals surface area contributed by atoms with Crippen molar-refractivity contribution in [2.75, 3.05) is 5.32 Å². The molecule has 0 saturated heterocycles. The Morgan fingerprint density at radius 3 is 2.50 bits per heavy atom. The van der Waals surface area contributed by atoms with Crippen molar-refractivity contribution in [2.45, 2.75) is 20.4 Å². The molecule has 0 atom stereocenters. The number of aromatic nitrogens is 4. The molecule has 3 aromatic carbocycles. The molecule has 1 amide bonds. The van der Waals surface area contributed by atoms with Gasteiger partial charge in [-0.05, 0) is 49.2 Å². The second-order valence-corrected chi connectivity index (χ2v) is 8.19. The third kappa shape index (κ3) is 4.63. The minimum absolute atomic E-state index is 0.128. The molecular weight excluding hydrogens is 426 g/mol. The van der Waals surface area contributed by atoms with Crippen molar-refractivity contribution >= 4 is 11.6 Å². The van der Waals surface area contributed by atoms with Crippen molar-refractivity contribution in [2.24, 2.45) is 0 Å². The Kier molecular flexibility index (Phi) is 5.74. The molecule has 7 nitrogen and oxygen atoms in total. The molecule has 2 heterocycles. The van der Waals surface area contributed by atoms with Crippen LogP contribution in [0.2, 0.25) is 0 Å². The monoisotopic (exact) mass is 449 g/mol. The number of carbonyl (C=O) groups is 1. The first kappa shape index (κ1) is 21.3. The molecular formula is C27H23N5O2. The van der Waals surface area contributed by atoms with Gasteiger partial charge in [0.05, 0.1) is 6.33 Å². The summed E-state index contributed by atoms with van der Waals surface area (Å²) in [6, 6.07) is 23.2. The van der Waals surface area contributed by atoms with Crippen molar-refractivity contribution in [3.05, 3.63) is 108 Å². The van der Waals surface area contributed by atoms with Crippen molar-refractivity contribution in [1.82, 2.24) is 19.7 Å². The lowest BCUT2D eigenvalue weighted by Crippen LogP contribution is -2.11. The molecule has 0 aliphatic carbocycles. The second kappa shape index (κ2) is 9.15. The quantitative estimate of drug-likeness (QED) is 0.369. The molecule has 1 N–H and O–H groups in total. The molecule has 34 heavy (non-hydrogen) atoms. The Labute approximate surface area is 197 Å². The average Bonchev–Trinajstić information content (AvgIpc) is 3.51. The number of hydrogen-bond acceptors (Lipinski definition) is 5. The maximum atomic E-state index is 12.4. The third-order valence-corrected chi connectivity index (χ3v) is 5.56. The molecule has 0 saturated carbocycles. The van der Waals surface area contributed by atoms with Gasteiger partial charge in [0.2, 0.25) is 5.82 Å². The van der Waals surface area contributed by atoms with E-state index < -0.39 is 0 Å². The highest BCUT2D eigenvalue weighted by atomic mass is 16.5. The normalized spacial score (nSPS) is 10.9. The number of imidazole rings is 1. The lowest BCUT2D eigenvalue weighted by molar-refractivity contribution is 0.102. The Bertz CT molecular complexity index is 1430.